The van der Waals surface area contributed by atoms with Gasteiger partial charge in [-0.1, -0.05) is 19.9 Å². The van der Waals surface area contributed by atoms with Crippen molar-refractivity contribution in [2.75, 3.05) is 13.1 Å². The zero-order valence-electron chi connectivity index (χ0n) is 12.5. The van der Waals surface area contributed by atoms with Crippen molar-refractivity contribution >= 4 is 10.0 Å². The Balaban J connectivity index is 2.09. The Hall–Kier alpha value is -0.980. The van der Waals surface area contributed by atoms with Gasteiger partial charge in [0.2, 0.25) is 10.0 Å². The number of rotatable bonds is 8. The van der Waals surface area contributed by atoms with E-state index in [2.05, 4.69) is 10.0 Å². The Labute approximate surface area is 126 Å². The zero-order chi connectivity index (χ0) is 15.5. The molecule has 0 saturated heterocycles. The molecular formula is C15H23FN2O2S. The molecule has 4 nitrogen and oxygen atoms in total. The van der Waals surface area contributed by atoms with Crippen molar-refractivity contribution in [3.05, 3.63) is 29.6 Å². The second kappa shape index (κ2) is 6.85. The van der Waals surface area contributed by atoms with Gasteiger partial charge in [-0.3, -0.25) is 0 Å². The third kappa shape index (κ3) is 4.49. The lowest BCUT2D eigenvalue weighted by Crippen LogP contribution is -2.30. The fraction of sp³-hybridized carbons (Fsp3) is 0.600. The summed E-state index contributed by atoms with van der Waals surface area (Å²) in [6, 6.07) is 4.22. The Morgan fingerprint density at radius 2 is 2.10 bits per heavy atom. The minimum Gasteiger partial charge on any atom is -0.313 e. The van der Waals surface area contributed by atoms with Crippen LogP contribution in [-0.2, 0) is 16.6 Å². The van der Waals surface area contributed by atoms with E-state index >= 15 is 0 Å². The molecule has 1 aliphatic carbocycles. The summed E-state index contributed by atoms with van der Waals surface area (Å²) in [5.74, 6) is 0.201. The molecule has 0 spiro atoms. The van der Waals surface area contributed by atoms with Crippen LogP contribution in [-0.4, -0.2) is 21.5 Å². The van der Waals surface area contributed by atoms with Crippen molar-refractivity contribution < 1.29 is 12.8 Å². The maximum atomic E-state index is 13.8. The molecule has 2 N–H and O–H groups in total. The van der Waals surface area contributed by atoms with Crippen molar-refractivity contribution in [1.29, 1.82) is 0 Å². The van der Waals surface area contributed by atoms with Gasteiger partial charge in [-0.05, 0) is 48.9 Å². The summed E-state index contributed by atoms with van der Waals surface area (Å²) in [5, 5.41) is 3.10. The fourth-order valence-electron chi connectivity index (χ4n) is 2.28. The van der Waals surface area contributed by atoms with Crippen LogP contribution in [0.15, 0.2) is 23.1 Å². The normalized spacial score (nSPS) is 16.9. The van der Waals surface area contributed by atoms with Crippen molar-refractivity contribution in [2.24, 2.45) is 11.8 Å². The van der Waals surface area contributed by atoms with E-state index in [1.807, 2.05) is 13.8 Å². The van der Waals surface area contributed by atoms with Crippen molar-refractivity contribution in [1.82, 2.24) is 10.0 Å². The summed E-state index contributed by atoms with van der Waals surface area (Å²) >= 11 is 0. The molecule has 6 heteroatoms. The van der Waals surface area contributed by atoms with Gasteiger partial charge in [0.1, 0.15) is 10.7 Å². The molecule has 0 amide bonds. The number of hydrogen-bond donors (Lipinski definition) is 2. The highest BCUT2D eigenvalue weighted by Gasteiger charge is 2.29. The molecule has 1 atom stereocenters. The van der Waals surface area contributed by atoms with Crippen LogP contribution in [0.2, 0.25) is 0 Å². The number of nitrogens with one attached hydrogen (secondary N) is 2. The molecule has 21 heavy (non-hydrogen) atoms. The summed E-state index contributed by atoms with van der Waals surface area (Å²) in [5.41, 5.74) is 0.758. The molecule has 0 aromatic heterocycles. The van der Waals surface area contributed by atoms with Gasteiger partial charge in [-0.2, -0.15) is 0 Å². The van der Waals surface area contributed by atoms with E-state index in [9.17, 15) is 12.8 Å². The van der Waals surface area contributed by atoms with Gasteiger partial charge in [-0.25, -0.2) is 17.5 Å². The summed E-state index contributed by atoms with van der Waals surface area (Å²) in [4.78, 5) is -0.263. The molecule has 118 valence electrons. The van der Waals surface area contributed by atoms with Crippen LogP contribution < -0.4 is 10.0 Å². The topological polar surface area (TPSA) is 58.2 Å². The molecule has 1 fully saturated rings. The monoisotopic (exact) mass is 314 g/mol. The van der Waals surface area contributed by atoms with Crippen molar-refractivity contribution in [2.45, 2.75) is 38.1 Å². The van der Waals surface area contributed by atoms with Gasteiger partial charge in [0.25, 0.3) is 0 Å². The minimum absolute atomic E-state index is 0.263. The average molecular weight is 314 g/mol. The maximum Gasteiger partial charge on any atom is 0.243 e. The van der Waals surface area contributed by atoms with Crippen LogP contribution in [0.1, 0.15) is 32.3 Å². The molecule has 1 saturated carbocycles. The first-order valence-electron chi connectivity index (χ1n) is 7.43. The molecule has 0 bridgehead atoms. The van der Waals surface area contributed by atoms with Crippen LogP contribution in [0.4, 0.5) is 4.39 Å². The van der Waals surface area contributed by atoms with Gasteiger partial charge in [-0.15, -0.1) is 0 Å². The molecule has 0 aliphatic heterocycles. The predicted octanol–water partition coefficient (Wildman–Crippen LogP) is 2.26. The standard InChI is InChI=1S/C15H23FN2O2S/c1-3-17-10-12-4-7-14(16)15(8-12)21(19,20)18-9-11(2)13-5-6-13/h4,7-8,11,13,17-18H,3,5-6,9-10H2,1-2H3. The van der Waals surface area contributed by atoms with Crippen LogP contribution in [0, 0.1) is 17.7 Å². The first-order valence-corrected chi connectivity index (χ1v) is 8.91. The lowest BCUT2D eigenvalue weighted by atomic mass is 10.1. The lowest BCUT2D eigenvalue weighted by molar-refractivity contribution is 0.489. The smallest absolute Gasteiger partial charge is 0.243 e. The average Bonchev–Trinajstić information content (AvgIpc) is 3.28. The highest BCUT2D eigenvalue weighted by atomic mass is 32.2. The van der Waals surface area contributed by atoms with Gasteiger partial charge in [0.05, 0.1) is 0 Å². The lowest BCUT2D eigenvalue weighted by Gasteiger charge is -2.13. The van der Waals surface area contributed by atoms with E-state index in [1.54, 1.807) is 6.07 Å². The largest absolute Gasteiger partial charge is 0.313 e. The molecule has 0 radical (unpaired) electrons. The second-order valence-electron chi connectivity index (χ2n) is 5.71. The van der Waals surface area contributed by atoms with E-state index in [0.29, 0.717) is 24.9 Å². The van der Waals surface area contributed by atoms with Crippen LogP contribution >= 0.6 is 0 Å². The third-order valence-electron chi connectivity index (χ3n) is 3.89. The summed E-state index contributed by atoms with van der Waals surface area (Å²) in [7, 11) is -3.79. The Morgan fingerprint density at radius 1 is 1.38 bits per heavy atom. The van der Waals surface area contributed by atoms with E-state index in [-0.39, 0.29) is 4.90 Å². The number of sulfonamides is 1. The molecule has 1 unspecified atom stereocenters. The summed E-state index contributed by atoms with van der Waals surface area (Å²) < 4.78 is 40.9. The third-order valence-corrected chi connectivity index (χ3v) is 5.32. The Kier molecular flexibility index (Phi) is 5.35. The van der Waals surface area contributed by atoms with Gasteiger partial charge >= 0.3 is 0 Å². The Morgan fingerprint density at radius 3 is 2.71 bits per heavy atom. The summed E-state index contributed by atoms with van der Waals surface area (Å²) in [6.07, 6.45) is 2.32. The molecule has 1 aromatic rings. The fourth-order valence-corrected chi connectivity index (χ4v) is 3.55. The predicted molar refractivity (Wildman–Crippen MR) is 80.9 cm³/mol. The van der Waals surface area contributed by atoms with Crippen LogP contribution in [0.25, 0.3) is 0 Å². The first-order chi connectivity index (χ1) is 9.94. The molecule has 2 rings (SSSR count). The van der Waals surface area contributed by atoms with Crippen molar-refractivity contribution in [3.8, 4) is 0 Å². The SMILES string of the molecule is CCNCc1ccc(F)c(S(=O)(=O)NCC(C)C2CC2)c1. The highest BCUT2D eigenvalue weighted by molar-refractivity contribution is 7.89. The number of halogens is 1. The van der Waals surface area contributed by atoms with Crippen LogP contribution in [0.3, 0.4) is 0 Å². The minimum atomic E-state index is -3.79. The second-order valence-corrected chi connectivity index (χ2v) is 7.45. The van der Waals surface area contributed by atoms with E-state index < -0.39 is 15.8 Å². The van der Waals surface area contributed by atoms with Gasteiger partial charge < -0.3 is 5.32 Å². The molecule has 0 heterocycles. The zero-order valence-corrected chi connectivity index (χ0v) is 13.3. The number of hydrogen-bond acceptors (Lipinski definition) is 3. The number of benzene rings is 1. The van der Waals surface area contributed by atoms with Crippen LogP contribution in [0.5, 0.6) is 0 Å². The molecular weight excluding hydrogens is 291 g/mol. The quantitative estimate of drug-likeness (QED) is 0.774. The molecule has 1 aliphatic rings. The highest BCUT2D eigenvalue weighted by Crippen LogP contribution is 2.36. The maximum absolute atomic E-state index is 13.8. The van der Waals surface area contributed by atoms with E-state index in [1.165, 1.54) is 12.1 Å². The first kappa shape index (κ1) is 16.4. The summed E-state index contributed by atoms with van der Waals surface area (Å²) in [6.45, 7) is 5.65. The van der Waals surface area contributed by atoms with Gasteiger partial charge in [0, 0.05) is 13.1 Å². The van der Waals surface area contributed by atoms with E-state index in [4.69, 9.17) is 0 Å². The Bertz CT molecular complexity index is 585. The molecule has 1 aromatic carbocycles. The van der Waals surface area contributed by atoms with Crippen molar-refractivity contribution in [3.63, 3.8) is 0 Å². The van der Waals surface area contributed by atoms with E-state index in [0.717, 1.165) is 24.9 Å². The van der Waals surface area contributed by atoms with Gasteiger partial charge in [0.15, 0.2) is 0 Å².